The largest absolute Gasteiger partial charge is 0 e. The monoisotopic (exact) mass is 259 g/mol. The molecule has 0 rings (SSSR count). The molecule has 0 atom stereocenters. The molecule has 0 spiro atoms. The van der Waals surface area contributed by atoms with Gasteiger partial charge in [0.25, 0.3) is 0 Å². The summed E-state index contributed by atoms with van der Waals surface area (Å²) in [6, 6.07) is 0. The Kier molecular flexibility index (Phi) is 10.5. The van der Waals surface area contributed by atoms with Crippen LogP contribution in [-0.4, -0.2) is 4.03 Å². The summed E-state index contributed by atoms with van der Waals surface area (Å²) in [7, 11) is 0. The normalized spacial score (nSPS) is 5.00. The fourth-order valence-corrected chi connectivity index (χ4v) is 0. The summed E-state index contributed by atoms with van der Waals surface area (Å²) in [5, 5.41) is 0. The van der Waals surface area contributed by atoms with E-state index in [0.29, 0.717) is 0 Å². The molecule has 0 aromatic rings. The van der Waals surface area contributed by atoms with Crippen LogP contribution in [0.5, 0.6) is 0 Å². The van der Waals surface area contributed by atoms with Crippen molar-refractivity contribution in [2.45, 2.75) is 0 Å². The van der Waals surface area contributed by atoms with Crippen LogP contribution in [0.15, 0.2) is 0 Å². The van der Waals surface area contributed by atoms with E-state index in [4.69, 9.17) is 11.4 Å². The van der Waals surface area contributed by atoms with Gasteiger partial charge in [-0.2, -0.15) is 0 Å². The minimum absolute atomic E-state index is 0. The van der Waals surface area contributed by atoms with Crippen LogP contribution in [0.1, 0.15) is 0 Å². The molecule has 0 saturated carbocycles. The van der Waals surface area contributed by atoms with Gasteiger partial charge in [-0.3, -0.25) is 0 Å². The van der Waals surface area contributed by atoms with Gasteiger partial charge in [-0.1, -0.05) is 0 Å². The molecule has 0 amide bonds. The minimum atomic E-state index is -3.69. The van der Waals surface area contributed by atoms with Crippen LogP contribution in [0.2, 0.25) is 0 Å². The molecule has 0 saturated heterocycles. The molecule has 33 valence electrons. The Morgan fingerprint density at radius 2 is 1.40 bits per heavy atom. The van der Waals surface area contributed by atoms with Crippen molar-refractivity contribution in [2.75, 3.05) is 0 Å². The Morgan fingerprint density at radius 3 is 1.40 bits per heavy atom. The zero-order valence-electron chi connectivity index (χ0n) is 2.04. The van der Waals surface area contributed by atoms with Crippen molar-refractivity contribution in [3.63, 3.8) is 0 Å². The fourth-order valence-electron chi connectivity index (χ4n) is 0. The van der Waals surface area contributed by atoms with Crippen LogP contribution < -0.4 is 0 Å². The van der Waals surface area contributed by atoms with Gasteiger partial charge in [0.05, 0.1) is 0 Å². The molecular weight excluding hydrogens is 258 g/mol. The molecule has 0 unspecified atom stereocenters. The summed E-state index contributed by atoms with van der Waals surface area (Å²) in [6.07, 6.45) is 0. The van der Waals surface area contributed by atoms with Crippen molar-refractivity contribution in [2.24, 2.45) is 0 Å². The Bertz CT molecular complexity index is 55.3. The zero-order valence-corrected chi connectivity index (χ0v) is 5.58. The van der Waals surface area contributed by atoms with Gasteiger partial charge >= 0.3 is 26.8 Å². The predicted octanol–water partition coefficient (Wildman–Crippen LogP) is -0.797. The molecule has 5 heavy (non-hydrogen) atoms. The van der Waals surface area contributed by atoms with Gasteiger partial charge in [-0.15, -0.1) is 0 Å². The van der Waals surface area contributed by atoms with Crippen molar-refractivity contribution in [1.29, 1.82) is 0 Å². The number of rotatable bonds is 0. The summed E-state index contributed by atoms with van der Waals surface area (Å²) in [4.78, 5) is 0. The standard InChI is InChI=1S/H2O.2O.Tb.V/h1H2;;;;/q;;;;+1/p-1. The average molecular weight is 259 g/mol. The molecule has 0 aliphatic heterocycles. The van der Waals surface area contributed by atoms with Gasteiger partial charge in [0.1, 0.15) is 0 Å². The van der Waals surface area contributed by atoms with E-state index in [1.807, 2.05) is 0 Å². The first-order valence-electron chi connectivity index (χ1n) is 0.565. The Balaban J connectivity index is 0. The molecule has 1 N–H and O–H groups in total. The third-order valence-corrected chi connectivity index (χ3v) is 0. The first-order valence-corrected chi connectivity index (χ1v) is 2.33. The van der Waals surface area contributed by atoms with Crippen LogP contribution >= 0.6 is 0 Å². The van der Waals surface area contributed by atoms with E-state index in [9.17, 15) is 0 Å². The second-order valence-electron chi connectivity index (χ2n) is 0.238. The predicted molar refractivity (Wildman–Crippen MR) is 3.59 cm³/mol. The molecule has 0 aliphatic carbocycles. The molecule has 3 nitrogen and oxygen atoms in total. The van der Waals surface area contributed by atoms with Crippen LogP contribution in [0.4, 0.5) is 0 Å². The van der Waals surface area contributed by atoms with E-state index in [0.717, 1.165) is 0 Å². The van der Waals surface area contributed by atoms with Gasteiger partial charge in [0.2, 0.25) is 0 Å². The van der Waals surface area contributed by atoms with E-state index >= 15 is 0 Å². The quantitative estimate of drug-likeness (QED) is 0.619. The van der Waals surface area contributed by atoms with E-state index in [-0.39, 0.29) is 38.6 Å². The molecule has 0 aromatic heterocycles. The first kappa shape index (κ1) is 9.66. The van der Waals surface area contributed by atoms with Gasteiger partial charge in [0, 0.05) is 38.6 Å². The third-order valence-electron chi connectivity index (χ3n) is 0. The van der Waals surface area contributed by atoms with E-state index in [1.165, 1.54) is 0 Å². The third kappa shape index (κ3) is 31.2. The summed E-state index contributed by atoms with van der Waals surface area (Å²) in [5.41, 5.74) is 0. The van der Waals surface area contributed by atoms with Crippen molar-refractivity contribution in [1.82, 2.24) is 0 Å². The number of hydrogen-bond acceptors (Lipinski definition) is 2. The molecular formula is HO3TbV. The maximum atomic E-state index is 8.67. The topological polar surface area (TPSA) is 54.4 Å². The van der Waals surface area contributed by atoms with E-state index in [1.54, 1.807) is 0 Å². The first-order chi connectivity index (χ1) is 1.73. The van der Waals surface area contributed by atoms with E-state index < -0.39 is 15.4 Å². The summed E-state index contributed by atoms with van der Waals surface area (Å²) in [6.45, 7) is 0. The summed E-state index contributed by atoms with van der Waals surface area (Å²) < 4.78 is 24.4. The Morgan fingerprint density at radius 1 is 1.40 bits per heavy atom. The zero-order chi connectivity index (χ0) is 3.58. The second-order valence-corrected chi connectivity index (χ2v) is 0.981. The van der Waals surface area contributed by atoms with Gasteiger partial charge < -0.3 is 0 Å². The number of hydrogen-bond donors (Lipinski definition) is 1. The molecule has 0 bridgehead atoms. The molecule has 0 aromatic carbocycles. The maximum Gasteiger partial charge on any atom is 0 e. The molecule has 0 heterocycles. The Hall–Kier alpha value is 1.43. The SMILES string of the molecule is [O]=[V](=[O])[OH].[Tb]. The van der Waals surface area contributed by atoms with Crippen LogP contribution in [0.25, 0.3) is 0 Å². The van der Waals surface area contributed by atoms with Crippen molar-refractivity contribution >= 4 is 0 Å². The molecule has 0 aliphatic rings. The Labute approximate surface area is 64.6 Å². The van der Waals surface area contributed by atoms with Crippen molar-refractivity contribution in [3.05, 3.63) is 0 Å². The molecule has 5 heteroatoms. The fraction of sp³-hybridized carbons (Fsp3) is 0. The molecule has 0 fully saturated rings. The van der Waals surface area contributed by atoms with Gasteiger partial charge in [-0.25, -0.2) is 0 Å². The van der Waals surface area contributed by atoms with Crippen LogP contribution in [0.3, 0.4) is 0 Å². The van der Waals surface area contributed by atoms with Crippen molar-refractivity contribution in [3.8, 4) is 0 Å². The average Bonchev–Trinajstić information content (AvgIpc) is 0.811. The van der Waals surface area contributed by atoms with Gasteiger partial charge in [0.15, 0.2) is 0 Å². The summed E-state index contributed by atoms with van der Waals surface area (Å²) >= 11 is -3.69. The van der Waals surface area contributed by atoms with E-state index in [2.05, 4.69) is 0 Å². The van der Waals surface area contributed by atoms with Crippen LogP contribution in [-0.2, 0) is 22.7 Å². The smallest absolute Gasteiger partial charge is 0 e. The second kappa shape index (κ2) is 5.43. The van der Waals surface area contributed by atoms with Crippen LogP contribution in [0, 0.1) is 38.6 Å². The summed E-state index contributed by atoms with van der Waals surface area (Å²) in [5.74, 6) is 0. The minimum Gasteiger partial charge on any atom is 0 e. The molecule has 1 radical (unpaired) electrons. The van der Waals surface area contributed by atoms with Crippen molar-refractivity contribution < 1.29 is 65.4 Å². The maximum absolute atomic E-state index is 8.67. The van der Waals surface area contributed by atoms with Gasteiger partial charge in [-0.05, 0) is 0 Å².